The number of aryl methyl sites for hydroxylation is 1. The Bertz CT molecular complexity index is 1560. The number of amides is 2. The van der Waals surface area contributed by atoms with Gasteiger partial charge in [-0.1, -0.05) is 95.9 Å². The van der Waals surface area contributed by atoms with Crippen LogP contribution in [0.1, 0.15) is 53.0 Å². The monoisotopic (exact) mass is 648 g/mol. The Morgan fingerprint density at radius 3 is 2.47 bits per heavy atom. The molecule has 45 heavy (non-hydrogen) atoms. The Morgan fingerprint density at radius 2 is 1.76 bits per heavy atom. The van der Waals surface area contributed by atoms with E-state index in [0.29, 0.717) is 12.2 Å². The Hall–Kier alpha value is -3.81. The largest absolute Gasteiger partial charge is 0.465 e. The van der Waals surface area contributed by atoms with Gasteiger partial charge in [0.25, 0.3) is 0 Å². The lowest BCUT2D eigenvalue weighted by Crippen LogP contribution is -2.38. The van der Waals surface area contributed by atoms with E-state index in [-0.39, 0.29) is 38.5 Å². The molecule has 0 unspecified atom stereocenters. The van der Waals surface area contributed by atoms with Crippen molar-refractivity contribution in [2.75, 3.05) is 18.9 Å². The summed E-state index contributed by atoms with van der Waals surface area (Å²) in [6.45, 7) is 4.01. The van der Waals surface area contributed by atoms with Crippen LogP contribution in [0, 0.1) is 6.92 Å². The number of thioether (sulfide) groups is 1. The fourth-order valence-electron chi connectivity index (χ4n) is 4.90. The zero-order valence-corrected chi connectivity index (χ0v) is 26.7. The summed E-state index contributed by atoms with van der Waals surface area (Å²) in [6.07, 6.45) is -0.148. The number of esters is 1. The second-order valence-corrected chi connectivity index (χ2v) is 12.8. The van der Waals surface area contributed by atoms with Gasteiger partial charge < -0.3 is 30.0 Å². The molecule has 0 spiro atoms. The van der Waals surface area contributed by atoms with E-state index in [0.717, 1.165) is 42.7 Å². The molecule has 2 amide bonds. The van der Waals surface area contributed by atoms with Gasteiger partial charge in [-0.2, -0.15) is 0 Å². The molecule has 3 atom stereocenters. The molecule has 3 aromatic carbocycles. The molecular weight excluding hydrogens is 613 g/mol. The SMILES string of the molecule is CCOC(=O)CNC(=O)NCc1ccccc1-c1ccc([C@@H]2O[C@H](CSc3nnc(C)s3)C[C@H](c3ccc(CO)cc3)O2)cc1. The Kier molecular flexibility index (Phi) is 11.6. The van der Waals surface area contributed by atoms with E-state index in [2.05, 4.69) is 20.8 Å². The lowest BCUT2D eigenvalue weighted by atomic mass is 9.98. The summed E-state index contributed by atoms with van der Waals surface area (Å²) in [4.78, 5) is 23.8. The molecule has 0 aliphatic carbocycles. The van der Waals surface area contributed by atoms with Gasteiger partial charge in [-0.3, -0.25) is 4.79 Å². The normalized spacial score (nSPS) is 17.9. The highest BCUT2D eigenvalue weighted by molar-refractivity contribution is 8.01. The van der Waals surface area contributed by atoms with Gasteiger partial charge >= 0.3 is 12.0 Å². The number of aliphatic hydroxyl groups is 1. The lowest BCUT2D eigenvalue weighted by molar-refractivity contribution is -0.245. The van der Waals surface area contributed by atoms with Gasteiger partial charge in [-0.25, -0.2) is 4.79 Å². The highest BCUT2D eigenvalue weighted by Crippen LogP contribution is 2.40. The number of aromatic nitrogens is 2. The number of ether oxygens (including phenoxy) is 3. The van der Waals surface area contributed by atoms with E-state index < -0.39 is 18.3 Å². The number of carbonyl (C=O) groups is 2. The molecule has 0 radical (unpaired) electrons. The molecule has 236 valence electrons. The fourth-order valence-corrected chi connectivity index (χ4v) is 6.76. The van der Waals surface area contributed by atoms with Crippen LogP contribution < -0.4 is 10.6 Å². The number of hydrogen-bond donors (Lipinski definition) is 3. The first-order valence-electron chi connectivity index (χ1n) is 14.7. The van der Waals surface area contributed by atoms with E-state index in [4.69, 9.17) is 14.2 Å². The van der Waals surface area contributed by atoms with E-state index in [1.807, 2.05) is 79.7 Å². The molecule has 1 aliphatic heterocycles. The van der Waals surface area contributed by atoms with Gasteiger partial charge in [0.15, 0.2) is 10.6 Å². The van der Waals surface area contributed by atoms with Crippen molar-refractivity contribution in [1.82, 2.24) is 20.8 Å². The summed E-state index contributed by atoms with van der Waals surface area (Å²) in [5.74, 6) is 0.230. The van der Waals surface area contributed by atoms with E-state index >= 15 is 0 Å². The van der Waals surface area contributed by atoms with Crippen LogP contribution in [0.3, 0.4) is 0 Å². The van der Waals surface area contributed by atoms with Gasteiger partial charge in [0, 0.05) is 24.3 Å². The van der Waals surface area contributed by atoms with Crippen LogP contribution in [0.2, 0.25) is 0 Å². The van der Waals surface area contributed by atoms with Crippen molar-refractivity contribution >= 4 is 35.1 Å². The lowest BCUT2D eigenvalue weighted by Gasteiger charge is -2.36. The van der Waals surface area contributed by atoms with Gasteiger partial charge in [0.05, 0.1) is 25.4 Å². The maximum Gasteiger partial charge on any atom is 0.325 e. The van der Waals surface area contributed by atoms with Crippen molar-refractivity contribution in [1.29, 1.82) is 0 Å². The van der Waals surface area contributed by atoms with Gasteiger partial charge in [-0.05, 0) is 41.7 Å². The summed E-state index contributed by atoms with van der Waals surface area (Å²) in [5, 5.41) is 24.1. The summed E-state index contributed by atoms with van der Waals surface area (Å²) in [6, 6.07) is 23.3. The van der Waals surface area contributed by atoms with E-state index in [1.54, 1.807) is 30.0 Å². The minimum Gasteiger partial charge on any atom is -0.465 e. The highest BCUT2D eigenvalue weighted by Gasteiger charge is 2.32. The molecule has 1 fully saturated rings. The maximum atomic E-state index is 12.2. The summed E-state index contributed by atoms with van der Waals surface area (Å²) < 4.78 is 18.7. The number of urea groups is 1. The van der Waals surface area contributed by atoms with Crippen LogP contribution in [-0.2, 0) is 32.2 Å². The fraction of sp³-hybridized carbons (Fsp3) is 0.333. The molecule has 12 heteroatoms. The summed E-state index contributed by atoms with van der Waals surface area (Å²) >= 11 is 3.21. The summed E-state index contributed by atoms with van der Waals surface area (Å²) in [5.41, 5.74) is 5.66. The first-order chi connectivity index (χ1) is 21.9. The smallest absolute Gasteiger partial charge is 0.325 e. The molecule has 1 aromatic heterocycles. The molecule has 1 aliphatic rings. The van der Waals surface area contributed by atoms with Crippen LogP contribution in [0.15, 0.2) is 77.1 Å². The number of carbonyl (C=O) groups excluding carboxylic acids is 2. The molecule has 1 saturated heterocycles. The highest BCUT2D eigenvalue weighted by atomic mass is 32.2. The second-order valence-electron chi connectivity index (χ2n) is 10.4. The first-order valence-corrected chi connectivity index (χ1v) is 16.5. The number of nitrogens with zero attached hydrogens (tertiary/aromatic N) is 2. The van der Waals surface area contributed by atoms with E-state index in [1.165, 1.54) is 0 Å². The topological polar surface area (TPSA) is 132 Å². The standard InChI is InChI=1S/C33H36N4O6S2/c1-3-41-30(39)18-35-32(40)34-17-26-6-4-5-7-28(26)23-12-14-25(15-13-23)31-42-27(20-44-33-37-36-21(2)45-33)16-29(43-31)24-10-8-22(19-38)9-11-24/h4-15,27,29,31,38H,3,16-20H2,1-2H3,(H2,34,35,40)/t27-,29+,31+/m0/s1. The maximum absolute atomic E-state index is 12.2. The van der Waals surface area contributed by atoms with Gasteiger partial charge in [0.2, 0.25) is 0 Å². The Morgan fingerprint density at radius 1 is 1.00 bits per heavy atom. The van der Waals surface area contributed by atoms with E-state index in [9.17, 15) is 14.7 Å². The quantitative estimate of drug-likeness (QED) is 0.131. The van der Waals surface area contributed by atoms with Crippen molar-refractivity contribution in [3.8, 4) is 11.1 Å². The average Bonchev–Trinajstić information content (AvgIpc) is 3.50. The molecule has 5 rings (SSSR count). The van der Waals surface area contributed by atoms with Crippen LogP contribution in [-0.4, -0.2) is 52.3 Å². The number of nitrogens with one attached hydrogen (secondary N) is 2. The first kappa shape index (κ1) is 32.6. The zero-order chi connectivity index (χ0) is 31.6. The van der Waals surface area contributed by atoms with Gasteiger partial charge in [-0.15, -0.1) is 10.2 Å². The molecule has 10 nitrogen and oxygen atoms in total. The third-order valence-corrected chi connectivity index (χ3v) is 9.27. The van der Waals surface area contributed by atoms with Crippen molar-refractivity contribution < 1.29 is 28.9 Å². The molecule has 4 aromatic rings. The van der Waals surface area contributed by atoms with Gasteiger partial charge in [0.1, 0.15) is 11.6 Å². The average molecular weight is 649 g/mol. The zero-order valence-electron chi connectivity index (χ0n) is 25.1. The van der Waals surface area contributed by atoms with Crippen LogP contribution >= 0.6 is 23.1 Å². The predicted molar refractivity (Wildman–Crippen MR) is 173 cm³/mol. The van der Waals surface area contributed by atoms with Crippen LogP contribution in [0.5, 0.6) is 0 Å². The number of hydrogen-bond acceptors (Lipinski definition) is 10. The van der Waals surface area contributed by atoms with Crippen LogP contribution in [0.25, 0.3) is 11.1 Å². The number of benzene rings is 3. The minimum absolute atomic E-state index is 0.00765. The minimum atomic E-state index is -0.572. The summed E-state index contributed by atoms with van der Waals surface area (Å²) in [7, 11) is 0. The number of aliphatic hydroxyl groups excluding tert-OH is 1. The Balaban J connectivity index is 1.28. The second kappa shape index (κ2) is 16.0. The third-order valence-electron chi connectivity index (χ3n) is 7.16. The molecular formula is C33H36N4O6S2. The van der Waals surface area contributed by atoms with Crippen molar-refractivity contribution in [2.24, 2.45) is 0 Å². The third kappa shape index (κ3) is 9.12. The molecule has 2 heterocycles. The Labute approximate surface area is 270 Å². The van der Waals surface area contributed by atoms with Crippen LogP contribution in [0.4, 0.5) is 4.79 Å². The number of rotatable bonds is 12. The molecule has 0 saturated carbocycles. The van der Waals surface area contributed by atoms with Crippen molar-refractivity contribution in [3.63, 3.8) is 0 Å². The molecule has 3 N–H and O–H groups in total. The van der Waals surface area contributed by atoms with Crippen molar-refractivity contribution in [2.45, 2.75) is 56.3 Å². The molecule has 0 bridgehead atoms. The predicted octanol–water partition coefficient (Wildman–Crippen LogP) is 5.71. The van der Waals surface area contributed by atoms with Crippen molar-refractivity contribution in [3.05, 3.63) is 100 Å².